The van der Waals surface area contributed by atoms with Crippen LogP contribution in [0.4, 0.5) is 0 Å². The highest BCUT2D eigenvalue weighted by atomic mass is 16.7. The van der Waals surface area contributed by atoms with E-state index in [1.165, 1.54) is 69.8 Å². The zero-order chi connectivity index (χ0) is 16.9. The lowest BCUT2D eigenvalue weighted by Crippen LogP contribution is -2.38. The standard InChI is InChI=1S/C21H37BO2/c1-4-16(2)17(3)15-22-23-20(18-11-7-5-8-12-18)21(24-22)19-13-9-6-10-14-19/h17-21H,2,4-15H2,1,3H3/t17-,20+,21+/m0/s1. The Labute approximate surface area is 149 Å². The molecule has 0 aromatic carbocycles. The van der Waals surface area contributed by atoms with Crippen LogP contribution in [0.2, 0.25) is 6.32 Å². The minimum absolute atomic E-state index is 0.00199. The SMILES string of the molecule is C=C(CC)[C@@H](C)CB1O[C@H](C2CCCCC2)[C@@H](C2CCCCC2)O1. The van der Waals surface area contributed by atoms with Gasteiger partial charge in [0.15, 0.2) is 0 Å². The molecule has 0 spiro atoms. The van der Waals surface area contributed by atoms with Gasteiger partial charge in [0.2, 0.25) is 0 Å². The number of hydrogen-bond acceptors (Lipinski definition) is 2. The molecule has 24 heavy (non-hydrogen) atoms. The number of allylic oxidation sites excluding steroid dienone is 1. The third-order valence-electron chi connectivity index (χ3n) is 6.87. The number of hydrogen-bond donors (Lipinski definition) is 0. The largest absolute Gasteiger partial charge is 0.458 e. The van der Waals surface area contributed by atoms with Gasteiger partial charge in [-0.25, -0.2) is 0 Å². The molecule has 136 valence electrons. The molecule has 1 saturated heterocycles. The second kappa shape index (κ2) is 8.89. The van der Waals surface area contributed by atoms with Gasteiger partial charge in [-0.3, -0.25) is 0 Å². The summed E-state index contributed by atoms with van der Waals surface area (Å²) in [5.41, 5.74) is 1.33. The van der Waals surface area contributed by atoms with E-state index in [4.69, 9.17) is 9.31 Å². The normalized spacial score (nSPS) is 31.3. The second-order valence-corrected chi connectivity index (χ2v) is 8.58. The average Bonchev–Trinajstić information content (AvgIpc) is 3.06. The predicted molar refractivity (Wildman–Crippen MR) is 102 cm³/mol. The van der Waals surface area contributed by atoms with E-state index >= 15 is 0 Å². The van der Waals surface area contributed by atoms with Crippen molar-refractivity contribution in [2.24, 2.45) is 17.8 Å². The summed E-state index contributed by atoms with van der Waals surface area (Å²) in [7, 11) is 0.00199. The minimum atomic E-state index is 0.00199. The van der Waals surface area contributed by atoms with E-state index in [0.29, 0.717) is 18.1 Å². The van der Waals surface area contributed by atoms with Crippen LogP contribution in [0.3, 0.4) is 0 Å². The first kappa shape index (κ1) is 18.5. The Morgan fingerprint density at radius 1 is 0.917 bits per heavy atom. The van der Waals surface area contributed by atoms with E-state index < -0.39 is 0 Å². The van der Waals surface area contributed by atoms with Crippen molar-refractivity contribution in [2.75, 3.05) is 0 Å². The molecule has 3 fully saturated rings. The Morgan fingerprint density at radius 2 is 1.38 bits per heavy atom. The molecule has 0 bridgehead atoms. The van der Waals surface area contributed by atoms with Crippen molar-refractivity contribution in [3.8, 4) is 0 Å². The molecule has 0 aromatic rings. The Morgan fingerprint density at radius 3 is 1.79 bits per heavy atom. The zero-order valence-corrected chi connectivity index (χ0v) is 16.0. The molecule has 3 atom stereocenters. The van der Waals surface area contributed by atoms with Crippen LogP contribution in [0.25, 0.3) is 0 Å². The van der Waals surface area contributed by atoms with Crippen molar-refractivity contribution in [1.29, 1.82) is 0 Å². The summed E-state index contributed by atoms with van der Waals surface area (Å²) in [6, 6.07) is 0. The molecular weight excluding hydrogens is 295 g/mol. The summed E-state index contributed by atoms with van der Waals surface area (Å²) < 4.78 is 13.1. The van der Waals surface area contributed by atoms with Gasteiger partial charge < -0.3 is 9.31 Å². The summed E-state index contributed by atoms with van der Waals surface area (Å²) >= 11 is 0. The van der Waals surface area contributed by atoms with E-state index in [2.05, 4.69) is 20.4 Å². The number of rotatable bonds is 6. The first-order valence-electron chi connectivity index (χ1n) is 10.7. The van der Waals surface area contributed by atoms with Crippen LogP contribution in [0.1, 0.15) is 84.5 Å². The highest BCUT2D eigenvalue weighted by molar-refractivity contribution is 6.45. The Hall–Kier alpha value is -0.275. The van der Waals surface area contributed by atoms with Gasteiger partial charge >= 0.3 is 7.12 Å². The molecule has 0 N–H and O–H groups in total. The zero-order valence-electron chi connectivity index (χ0n) is 16.0. The monoisotopic (exact) mass is 332 g/mol. The van der Waals surface area contributed by atoms with Gasteiger partial charge in [0.05, 0.1) is 12.2 Å². The topological polar surface area (TPSA) is 18.5 Å². The molecule has 2 nitrogen and oxygen atoms in total. The maximum Gasteiger partial charge on any atom is 0.458 e. The lowest BCUT2D eigenvalue weighted by molar-refractivity contribution is 0.0324. The van der Waals surface area contributed by atoms with Gasteiger partial charge in [-0.2, -0.15) is 0 Å². The summed E-state index contributed by atoms with van der Waals surface area (Å²) in [5.74, 6) is 1.97. The average molecular weight is 332 g/mol. The quantitative estimate of drug-likeness (QED) is 0.437. The maximum absolute atomic E-state index is 6.57. The van der Waals surface area contributed by atoms with Gasteiger partial charge in [0, 0.05) is 0 Å². The van der Waals surface area contributed by atoms with Crippen molar-refractivity contribution in [3.63, 3.8) is 0 Å². The molecule has 2 saturated carbocycles. The van der Waals surface area contributed by atoms with E-state index in [9.17, 15) is 0 Å². The van der Waals surface area contributed by atoms with Crippen LogP contribution >= 0.6 is 0 Å². The van der Waals surface area contributed by atoms with Crippen LogP contribution in [-0.2, 0) is 9.31 Å². The summed E-state index contributed by atoms with van der Waals surface area (Å²) in [4.78, 5) is 0. The summed E-state index contributed by atoms with van der Waals surface area (Å²) in [5, 5.41) is 0. The van der Waals surface area contributed by atoms with Gasteiger partial charge in [-0.15, -0.1) is 0 Å². The van der Waals surface area contributed by atoms with Crippen molar-refractivity contribution < 1.29 is 9.31 Å². The van der Waals surface area contributed by atoms with Crippen LogP contribution in [-0.4, -0.2) is 19.3 Å². The molecular formula is C21H37BO2. The van der Waals surface area contributed by atoms with Crippen LogP contribution in [0.5, 0.6) is 0 Å². The minimum Gasteiger partial charge on any atom is -0.405 e. The van der Waals surface area contributed by atoms with Gasteiger partial charge in [-0.1, -0.05) is 64.5 Å². The lowest BCUT2D eigenvalue weighted by atomic mass is 9.75. The van der Waals surface area contributed by atoms with E-state index in [1.54, 1.807) is 0 Å². The first-order chi connectivity index (χ1) is 11.7. The highest BCUT2D eigenvalue weighted by Crippen LogP contribution is 2.41. The van der Waals surface area contributed by atoms with Crippen molar-refractivity contribution in [2.45, 2.75) is 103 Å². The van der Waals surface area contributed by atoms with E-state index in [1.807, 2.05) is 0 Å². The van der Waals surface area contributed by atoms with Crippen LogP contribution in [0.15, 0.2) is 12.2 Å². The molecule has 0 unspecified atom stereocenters. The molecule has 2 aliphatic carbocycles. The smallest absolute Gasteiger partial charge is 0.405 e. The Kier molecular flexibility index (Phi) is 6.86. The molecule has 3 heteroatoms. The Bertz CT molecular complexity index is 373. The molecule has 0 amide bonds. The van der Waals surface area contributed by atoms with Crippen LogP contribution < -0.4 is 0 Å². The molecule has 0 radical (unpaired) electrons. The third-order valence-corrected chi connectivity index (χ3v) is 6.87. The van der Waals surface area contributed by atoms with Crippen molar-refractivity contribution >= 4 is 7.12 Å². The Balaban J connectivity index is 1.65. The van der Waals surface area contributed by atoms with Crippen LogP contribution in [0, 0.1) is 17.8 Å². The van der Waals surface area contributed by atoms with Gasteiger partial charge in [0.1, 0.15) is 0 Å². The fourth-order valence-corrected chi connectivity index (χ4v) is 5.14. The molecule has 3 rings (SSSR count). The third kappa shape index (κ3) is 4.46. The fraction of sp³-hybridized carbons (Fsp3) is 0.905. The summed E-state index contributed by atoms with van der Waals surface area (Å²) in [6.45, 7) is 8.70. The summed E-state index contributed by atoms with van der Waals surface area (Å²) in [6.07, 6.45) is 16.5. The maximum atomic E-state index is 6.57. The first-order valence-corrected chi connectivity index (χ1v) is 10.7. The fourth-order valence-electron chi connectivity index (χ4n) is 5.14. The molecule has 1 heterocycles. The predicted octanol–water partition coefficient (Wildman–Crippen LogP) is 6.02. The van der Waals surface area contributed by atoms with Crippen molar-refractivity contribution in [1.82, 2.24) is 0 Å². The van der Waals surface area contributed by atoms with E-state index in [-0.39, 0.29) is 7.12 Å². The van der Waals surface area contributed by atoms with Gasteiger partial charge in [0.25, 0.3) is 0 Å². The molecule has 1 aliphatic heterocycles. The van der Waals surface area contributed by atoms with Gasteiger partial charge in [-0.05, 0) is 56.2 Å². The van der Waals surface area contributed by atoms with Crippen molar-refractivity contribution in [3.05, 3.63) is 12.2 Å². The second-order valence-electron chi connectivity index (χ2n) is 8.58. The lowest BCUT2D eigenvalue weighted by Gasteiger charge is -2.35. The molecule has 0 aromatic heterocycles. The molecule has 3 aliphatic rings. The highest BCUT2D eigenvalue weighted by Gasteiger charge is 2.46. The van der Waals surface area contributed by atoms with E-state index in [0.717, 1.165) is 24.6 Å².